The summed E-state index contributed by atoms with van der Waals surface area (Å²) in [6.45, 7) is 5.86. The van der Waals surface area contributed by atoms with Crippen molar-refractivity contribution in [1.29, 1.82) is 0 Å². The van der Waals surface area contributed by atoms with Gasteiger partial charge in [0.1, 0.15) is 5.15 Å². The zero-order valence-electron chi connectivity index (χ0n) is 12.8. The molecule has 0 spiro atoms. The van der Waals surface area contributed by atoms with Crippen LogP contribution in [-0.2, 0) is 12.8 Å². The van der Waals surface area contributed by atoms with Gasteiger partial charge in [0.2, 0.25) is 0 Å². The summed E-state index contributed by atoms with van der Waals surface area (Å²) in [6.07, 6.45) is 4.47. The molecule has 116 valence electrons. The van der Waals surface area contributed by atoms with Gasteiger partial charge in [0.05, 0.1) is 5.92 Å². The van der Waals surface area contributed by atoms with Crippen molar-refractivity contribution in [2.75, 3.05) is 0 Å². The van der Waals surface area contributed by atoms with E-state index >= 15 is 0 Å². The Morgan fingerprint density at radius 3 is 2.83 bits per heavy atom. The van der Waals surface area contributed by atoms with Crippen LogP contribution >= 0.6 is 11.6 Å². The molecule has 0 fully saturated rings. The fourth-order valence-electron chi connectivity index (χ4n) is 3.04. The molecule has 0 saturated heterocycles. The summed E-state index contributed by atoms with van der Waals surface area (Å²) in [5.74, 6) is -0.975. The Morgan fingerprint density at radius 1 is 1.43 bits per heavy atom. The minimum Gasteiger partial charge on any atom is -0.293 e. The monoisotopic (exact) mass is 325 g/mol. The van der Waals surface area contributed by atoms with E-state index in [0.717, 1.165) is 23.1 Å². The van der Waals surface area contributed by atoms with Gasteiger partial charge >= 0.3 is 0 Å². The molecule has 1 aliphatic carbocycles. The predicted octanol–water partition coefficient (Wildman–Crippen LogP) is 4.18. The first-order valence-corrected chi connectivity index (χ1v) is 7.91. The van der Waals surface area contributed by atoms with E-state index in [1.807, 2.05) is 19.1 Å². The van der Waals surface area contributed by atoms with Crippen molar-refractivity contribution in [2.45, 2.75) is 19.8 Å². The van der Waals surface area contributed by atoms with Gasteiger partial charge in [0.25, 0.3) is 0 Å². The molecule has 1 aliphatic rings. The standard InChI is InChI=1S/C19H16ClNO2/c1-3-11-7-14-9-16(19(23)15(14)8-12(11)4-2)18(22)13-5-6-17(20)21-10-13/h3,5-8,10,16H,1,4,9H2,2H3. The van der Waals surface area contributed by atoms with E-state index in [0.29, 0.717) is 22.7 Å². The molecule has 4 heteroatoms. The minimum atomic E-state index is -0.669. The molecule has 0 amide bonds. The zero-order chi connectivity index (χ0) is 16.6. The molecule has 1 aromatic carbocycles. The first kappa shape index (κ1) is 15.6. The van der Waals surface area contributed by atoms with Crippen LogP contribution in [0.15, 0.2) is 37.0 Å². The van der Waals surface area contributed by atoms with Crippen LogP contribution in [0.5, 0.6) is 0 Å². The quantitative estimate of drug-likeness (QED) is 0.481. The molecule has 0 bridgehead atoms. The molecular formula is C19H16ClNO2. The number of hydrogen-bond donors (Lipinski definition) is 0. The number of nitrogens with zero attached hydrogens (tertiary/aromatic N) is 1. The molecule has 3 rings (SSSR count). The van der Waals surface area contributed by atoms with Crippen LogP contribution in [-0.4, -0.2) is 16.6 Å². The lowest BCUT2D eigenvalue weighted by Gasteiger charge is -2.06. The molecule has 1 aromatic heterocycles. The maximum atomic E-state index is 12.7. The average Bonchev–Trinajstić information content (AvgIpc) is 2.89. The highest BCUT2D eigenvalue weighted by atomic mass is 35.5. The third kappa shape index (κ3) is 2.73. The topological polar surface area (TPSA) is 47.0 Å². The lowest BCUT2D eigenvalue weighted by Crippen LogP contribution is -2.21. The summed E-state index contributed by atoms with van der Waals surface area (Å²) >= 11 is 5.75. The smallest absolute Gasteiger partial charge is 0.175 e. The molecule has 1 atom stereocenters. The molecule has 23 heavy (non-hydrogen) atoms. The summed E-state index contributed by atoms with van der Waals surface area (Å²) in [5.41, 5.74) is 4.10. The summed E-state index contributed by atoms with van der Waals surface area (Å²) in [7, 11) is 0. The second-order valence-electron chi connectivity index (χ2n) is 5.62. The summed E-state index contributed by atoms with van der Waals surface area (Å²) in [5, 5.41) is 0.325. The number of benzene rings is 1. The number of pyridine rings is 1. The van der Waals surface area contributed by atoms with Gasteiger partial charge < -0.3 is 0 Å². The number of rotatable bonds is 4. The molecule has 1 heterocycles. The number of fused-ring (bicyclic) bond motifs is 1. The van der Waals surface area contributed by atoms with Gasteiger partial charge in [-0.25, -0.2) is 4.98 Å². The molecule has 3 nitrogen and oxygen atoms in total. The second-order valence-corrected chi connectivity index (χ2v) is 6.01. The van der Waals surface area contributed by atoms with Crippen LogP contribution in [0.2, 0.25) is 5.15 Å². The van der Waals surface area contributed by atoms with Crippen molar-refractivity contribution >= 4 is 29.2 Å². The number of ketones is 2. The number of aromatic nitrogens is 1. The Kier molecular flexibility index (Phi) is 4.14. The van der Waals surface area contributed by atoms with E-state index in [4.69, 9.17) is 11.6 Å². The van der Waals surface area contributed by atoms with E-state index in [9.17, 15) is 9.59 Å². The first-order chi connectivity index (χ1) is 11.0. The highest BCUT2D eigenvalue weighted by Gasteiger charge is 2.36. The van der Waals surface area contributed by atoms with E-state index in [-0.39, 0.29) is 11.6 Å². The number of carbonyl (C=O) groups excluding carboxylic acids is 2. The lowest BCUT2D eigenvalue weighted by atomic mass is 9.95. The van der Waals surface area contributed by atoms with Crippen LogP contribution in [0.3, 0.4) is 0 Å². The van der Waals surface area contributed by atoms with E-state index in [2.05, 4.69) is 11.6 Å². The Morgan fingerprint density at radius 2 is 2.22 bits per heavy atom. The fourth-order valence-corrected chi connectivity index (χ4v) is 3.15. The predicted molar refractivity (Wildman–Crippen MR) is 91.0 cm³/mol. The lowest BCUT2D eigenvalue weighted by molar-refractivity contribution is 0.0822. The van der Waals surface area contributed by atoms with Crippen molar-refractivity contribution < 1.29 is 9.59 Å². The number of halogens is 1. The maximum absolute atomic E-state index is 12.7. The molecule has 2 aromatic rings. The van der Waals surface area contributed by atoms with Crippen molar-refractivity contribution in [2.24, 2.45) is 5.92 Å². The van der Waals surface area contributed by atoms with Gasteiger partial charge in [-0.15, -0.1) is 0 Å². The van der Waals surface area contributed by atoms with Crippen LogP contribution < -0.4 is 0 Å². The van der Waals surface area contributed by atoms with E-state index < -0.39 is 5.92 Å². The molecule has 0 aliphatic heterocycles. The molecule has 0 N–H and O–H groups in total. The summed E-state index contributed by atoms with van der Waals surface area (Å²) < 4.78 is 0. The number of carbonyl (C=O) groups is 2. The van der Waals surface area contributed by atoms with Crippen LogP contribution in [0.4, 0.5) is 0 Å². The normalized spacial score (nSPS) is 16.3. The number of hydrogen-bond acceptors (Lipinski definition) is 3. The molecular weight excluding hydrogens is 310 g/mol. The van der Waals surface area contributed by atoms with E-state index in [1.165, 1.54) is 6.20 Å². The van der Waals surface area contributed by atoms with Gasteiger partial charge in [-0.3, -0.25) is 9.59 Å². The average molecular weight is 326 g/mol. The van der Waals surface area contributed by atoms with Gasteiger partial charge in [-0.1, -0.05) is 37.2 Å². The Balaban J connectivity index is 1.95. The van der Waals surface area contributed by atoms with Crippen LogP contribution in [0.1, 0.15) is 44.3 Å². The van der Waals surface area contributed by atoms with Gasteiger partial charge in [0.15, 0.2) is 11.6 Å². The third-order valence-corrected chi connectivity index (χ3v) is 4.52. The highest BCUT2D eigenvalue weighted by Crippen LogP contribution is 2.32. The van der Waals surface area contributed by atoms with Crippen molar-refractivity contribution in [3.05, 3.63) is 70.0 Å². The summed E-state index contributed by atoms with van der Waals surface area (Å²) in [6, 6.07) is 7.06. The first-order valence-electron chi connectivity index (χ1n) is 7.53. The van der Waals surface area contributed by atoms with Crippen molar-refractivity contribution in [1.82, 2.24) is 4.98 Å². The number of Topliss-reactive ketones (excluding diaryl/α,β-unsaturated/α-hetero) is 2. The van der Waals surface area contributed by atoms with Crippen LogP contribution in [0, 0.1) is 5.92 Å². The minimum absolute atomic E-state index is 0.106. The number of aryl methyl sites for hydroxylation is 1. The Hall–Kier alpha value is -2.26. The van der Waals surface area contributed by atoms with Crippen LogP contribution in [0.25, 0.3) is 6.08 Å². The maximum Gasteiger partial charge on any atom is 0.175 e. The Labute approximate surface area is 140 Å². The zero-order valence-corrected chi connectivity index (χ0v) is 13.6. The van der Waals surface area contributed by atoms with Crippen molar-refractivity contribution in [3.8, 4) is 0 Å². The SMILES string of the molecule is C=Cc1cc2c(cc1CC)C(=O)C(C(=O)c1ccc(Cl)nc1)C2. The van der Waals surface area contributed by atoms with E-state index in [1.54, 1.807) is 18.2 Å². The van der Waals surface area contributed by atoms with Crippen molar-refractivity contribution in [3.63, 3.8) is 0 Å². The highest BCUT2D eigenvalue weighted by molar-refractivity contribution is 6.29. The largest absolute Gasteiger partial charge is 0.293 e. The molecule has 1 unspecified atom stereocenters. The van der Waals surface area contributed by atoms with Gasteiger partial charge in [-0.2, -0.15) is 0 Å². The summed E-state index contributed by atoms with van der Waals surface area (Å²) in [4.78, 5) is 29.2. The van der Waals surface area contributed by atoms with Gasteiger partial charge in [-0.05, 0) is 47.7 Å². The van der Waals surface area contributed by atoms with Gasteiger partial charge in [0, 0.05) is 17.3 Å². The molecule has 0 radical (unpaired) electrons. The second kappa shape index (κ2) is 6.09. The Bertz CT molecular complexity index is 809. The fraction of sp³-hybridized carbons (Fsp3) is 0.211. The molecule has 0 saturated carbocycles. The third-order valence-electron chi connectivity index (χ3n) is 4.30.